The first-order valence-corrected chi connectivity index (χ1v) is 9.19. The Morgan fingerprint density at radius 3 is 2.28 bits per heavy atom. The van der Waals surface area contributed by atoms with Gasteiger partial charge in [0, 0.05) is 5.92 Å². The zero-order chi connectivity index (χ0) is 18.2. The predicted octanol–water partition coefficient (Wildman–Crippen LogP) is 3.28. The molecule has 4 nitrogen and oxygen atoms in total. The Bertz CT molecular complexity index is 669. The summed E-state index contributed by atoms with van der Waals surface area (Å²) < 4.78 is 37.8. The van der Waals surface area contributed by atoms with Gasteiger partial charge in [-0.1, -0.05) is 12.1 Å². The number of thioether (sulfide) groups is 1. The molecule has 1 amide bonds. The van der Waals surface area contributed by atoms with Crippen LogP contribution in [0.1, 0.15) is 36.3 Å². The third-order valence-electron chi connectivity index (χ3n) is 4.91. The Morgan fingerprint density at radius 2 is 1.76 bits per heavy atom. The van der Waals surface area contributed by atoms with Crippen LogP contribution >= 0.6 is 11.8 Å². The van der Waals surface area contributed by atoms with Crippen molar-refractivity contribution in [3.05, 3.63) is 35.4 Å². The fourth-order valence-corrected chi connectivity index (χ4v) is 4.40. The van der Waals surface area contributed by atoms with Crippen molar-refractivity contribution in [2.24, 2.45) is 5.92 Å². The molecule has 2 N–H and O–H groups in total. The van der Waals surface area contributed by atoms with Crippen LogP contribution in [0.25, 0.3) is 0 Å². The summed E-state index contributed by atoms with van der Waals surface area (Å²) >= 11 is 1.66. The molecule has 1 saturated heterocycles. The number of hydrogen-bond acceptors (Lipinski definition) is 3. The van der Waals surface area contributed by atoms with Crippen LogP contribution < -0.4 is 5.32 Å². The van der Waals surface area contributed by atoms with E-state index in [0.29, 0.717) is 36.3 Å². The molecule has 3 rings (SSSR count). The summed E-state index contributed by atoms with van der Waals surface area (Å²) in [6.07, 6.45) is -3.08. The second kappa shape index (κ2) is 6.55. The molecule has 2 aliphatic rings. The van der Waals surface area contributed by atoms with Gasteiger partial charge in [0.1, 0.15) is 5.54 Å². The third-order valence-corrected chi connectivity index (χ3v) is 5.90. The number of aliphatic carboxylic acids is 1. The quantitative estimate of drug-likeness (QED) is 0.850. The molecular formula is C17H18F3NO3S. The lowest BCUT2D eigenvalue weighted by Gasteiger charge is -2.33. The van der Waals surface area contributed by atoms with Gasteiger partial charge in [-0.25, -0.2) is 4.79 Å². The standard InChI is InChI=1S/C17H18F3NO3S/c18-17(19,20)11-3-1-10(2-4-11)12-9-13(12)14(22)21-16(15(23)24)5-7-25-8-6-16/h1-4,12-13H,5-9H2,(H,21,22)(H,23,24). The summed E-state index contributed by atoms with van der Waals surface area (Å²) in [5.74, 6) is -0.500. The van der Waals surface area contributed by atoms with Gasteiger partial charge in [-0.3, -0.25) is 4.79 Å². The average Bonchev–Trinajstić information content (AvgIpc) is 3.36. The Hall–Kier alpha value is -1.70. The van der Waals surface area contributed by atoms with Gasteiger partial charge >= 0.3 is 12.1 Å². The normalized spacial score (nSPS) is 25.2. The first kappa shape index (κ1) is 18.1. The molecule has 8 heteroatoms. The number of rotatable bonds is 4. The van der Waals surface area contributed by atoms with Crippen LogP contribution in [0, 0.1) is 5.92 Å². The molecular weight excluding hydrogens is 355 g/mol. The van der Waals surface area contributed by atoms with E-state index in [1.165, 1.54) is 12.1 Å². The van der Waals surface area contributed by atoms with Gasteiger partial charge < -0.3 is 10.4 Å². The Labute approximate surface area is 147 Å². The highest BCUT2D eigenvalue weighted by atomic mass is 32.2. The van der Waals surface area contributed by atoms with Crippen LogP contribution in [0.15, 0.2) is 24.3 Å². The number of benzene rings is 1. The molecule has 2 atom stereocenters. The molecule has 1 aromatic carbocycles. The topological polar surface area (TPSA) is 66.4 Å². The second-order valence-corrected chi connectivity index (χ2v) is 7.78. The zero-order valence-corrected chi connectivity index (χ0v) is 14.1. The first-order chi connectivity index (χ1) is 11.7. The van der Waals surface area contributed by atoms with Crippen LogP contribution in [0.3, 0.4) is 0 Å². The molecule has 2 fully saturated rings. The monoisotopic (exact) mass is 373 g/mol. The van der Waals surface area contributed by atoms with E-state index in [9.17, 15) is 27.9 Å². The van der Waals surface area contributed by atoms with Crippen molar-refractivity contribution < 1.29 is 27.9 Å². The predicted molar refractivity (Wildman–Crippen MR) is 87.4 cm³/mol. The van der Waals surface area contributed by atoms with Gasteiger partial charge in [0.05, 0.1) is 5.56 Å². The number of carboxylic acid groups (broad SMARTS) is 1. The summed E-state index contributed by atoms with van der Waals surface area (Å²) in [5, 5.41) is 12.2. The van der Waals surface area contributed by atoms with Crippen LogP contribution in [-0.2, 0) is 15.8 Å². The molecule has 0 spiro atoms. The maximum atomic E-state index is 12.6. The molecule has 2 unspecified atom stereocenters. The maximum absolute atomic E-state index is 12.6. The molecule has 0 bridgehead atoms. The van der Waals surface area contributed by atoms with Gasteiger partial charge in [0.2, 0.25) is 5.91 Å². The molecule has 0 radical (unpaired) electrons. The average molecular weight is 373 g/mol. The van der Waals surface area contributed by atoms with E-state index in [1.54, 1.807) is 11.8 Å². The number of carbonyl (C=O) groups excluding carboxylic acids is 1. The second-order valence-electron chi connectivity index (χ2n) is 6.56. The lowest BCUT2D eigenvalue weighted by molar-refractivity contribution is -0.148. The van der Waals surface area contributed by atoms with Crippen LogP contribution in [-0.4, -0.2) is 34.0 Å². The van der Waals surface area contributed by atoms with E-state index < -0.39 is 23.2 Å². The summed E-state index contributed by atoms with van der Waals surface area (Å²) in [5.41, 5.74) is -1.26. The van der Waals surface area contributed by atoms with Crippen molar-refractivity contribution in [3.8, 4) is 0 Å². The minimum atomic E-state index is -4.38. The van der Waals surface area contributed by atoms with Crippen molar-refractivity contribution in [1.82, 2.24) is 5.32 Å². The smallest absolute Gasteiger partial charge is 0.416 e. The van der Waals surface area contributed by atoms with Crippen molar-refractivity contribution in [3.63, 3.8) is 0 Å². The summed E-state index contributed by atoms with van der Waals surface area (Å²) in [6, 6.07) is 4.81. The summed E-state index contributed by atoms with van der Waals surface area (Å²) in [6.45, 7) is 0. The van der Waals surface area contributed by atoms with Gasteiger partial charge in [0.15, 0.2) is 0 Å². The molecule has 1 aromatic rings. The molecule has 0 aromatic heterocycles. The number of alkyl halides is 3. The highest BCUT2D eigenvalue weighted by Gasteiger charge is 2.49. The maximum Gasteiger partial charge on any atom is 0.416 e. The number of carbonyl (C=O) groups is 2. The van der Waals surface area contributed by atoms with Gasteiger partial charge in [-0.05, 0) is 54.4 Å². The SMILES string of the molecule is O=C(NC1(C(=O)O)CCSCC1)C1CC1c1ccc(C(F)(F)F)cc1. The number of nitrogens with one attached hydrogen (secondary N) is 1. The van der Waals surface area contributed by atoms with E-state index in [2.05, 4.69) is 5.32 Å². The van der Waals surface area contributed by atoms with E-state index in [-0.39, 0.29) is 17.7 Å². The van der Waals surface area contributed by atoms with E-state index in [1.807, 2.05) is 0 Å². The molecule has 25 heavy (non-hydrogen) atoms. The lowest BCUT2D eigenvalue weighted by Crippen LogP contribution is -2.57. The summed E-state index contributed by atoms with van der Waals surface area (Å²) in [7, 11) is 0. The third kappa shape index (κ3) is 3.78. The van der Waals surface area contributed by atoms with E-state index in [0.717, 1.165) is 12.1 Å². The molecule has 1 aliphatic carbocycles. The first-order valence-electron chi connectivity index (χ1n) is 8.03. The van der Waals surface area contributed by atoms with Crippen molar-refractivity contribution >= 4 is 23.6 Å². The molecule has 1 aliphatic heterocycles. The van der Waals surface area contributed by atoms with E-state index in [4.69, 9.17) is 0 Å². The van der Waals surface area contributed by atoms with Crippen molar-refractivity contribution in [1.29, 1.82) is 0 Å². The van der Waals surface area contributed by atoms with Crippen LogP contribution in [0.2, 0.25) is 0 Å². The number of halogens is 3. The van der Waals surface area contributed by atoms with Crippen molar-refractivity contribution in [2.75, 3.05) is 11.5 Å². The van der Waals surface area contributed by atoms with E-state index >= 15 is 0 Å². The lowest BCUT2D eigenvalue weighted by atomic mass is 9.92. The minimum absolute atomic E-state index is 0.147. The largest absolute Gasteiger partial charge is 0.480 e. The molecule has 1 saturated carbocycles. The number of carboxylic acids is 1. The highest BCUT2D eigenvalue weighted by molar-refractivity contribution is 7.99. The Kier molecular flexibility index (Phi) is 4.74. The Morgan fingerprint density at radius 1 is 1.16 bits per heavy atom. The molecule has 1 heterocycles. The summed E-state index contributed by atoms with van der Waals surface area (Å²) in [4.78, 5) is 24.0. The number of hydrogen-bond donors (Lipinski definition) is 2. The minimum Gasteiger partial charge on any atom is -0.480 e. The fourth-order valence-electron chi connectivity index (χ4n) is 3.21. The van der Waals surface area contributed by atoms with Crippen LogP contribution in [0.4, 0.5) is 13.2 Å². The van der Waals surface area contributed by atoms with Crippen LogP contribution in [0.5, 0.6) is 0 Å². The van der Waals surface area contributed by atoms with Gasteiger partial charge in [-0.2, -0.15) is 24.9 Å². The molecule has 136 valence electrons. The van der Waals surface area contributed by atoms with Crippen molar-refractivity contribution in [2.45, 2.75) is 36.9 Å². The Balaban J connectivity index is 1.64. The number of amides is 1. The van der Waals surface area contributed by atoms with Gasteiger partial charge in [-0.15, -0.1) is 0 Å². The fraction of sp³-hybridized carbons (Fsp3) is 0.529. The highest BCUT2D eigenvalue weighted by Crippen LogP contribution is 2.48. The zero-order valence-electron chi connectivity index (χ0n) is 13.3. The van der Waals surface area contributed by atoms with Gasteiger partial charge in [0.25, 0.3) is 0 Å².